The number of rotatable bonds is 0. The van der Waals surface area contributed by atoms with Crippen LogP contribution in [0.3, 0.4) is 0 Å². The van der Waals surface area contributed by atoms with E-state index in [4.69, 9.17) is 0 Å². The molecule has 0 saturated heterocycles. The van der Waals surface area contributed by atoms with Crippen LogP contribution in [0.4, 0.5) is 13.2 Å². The molecule has 0 aliphatic heterocycles. The molecule has 0 bridgehead atoms. The van der Waals surface area contributed by atoms with Gasteiger partial charge in [0.05, 0.1) is 5.56 Å². The van der Waals surface area contributed by atoms with Crippen molar-refractivity contribution in [1.29, 1.82) is 0 Å². The number of hydrogen-bond acceptors (Lipinski definition) is 0. The van der Waals surface area contributed by atoms with E-state index in [9.17, 15) is 13.2 Å². The maximum absolute atomic E-state index is 11.8. The number of alkyl halides is 3. The fourth-order valence-corrected chi connectivity index (χ4v) is 0.576. The van der Waals surface area contributed by atoms with Crippen LogP contribution in [-0.2, 0) is 6.18 Å². The van der Waals surface area contributed by atoms with Crippen LogP contribution in [0.1, 0.15) is 5.56 Å². The van der Waals surface area contributed by atoms with Gasteiger partial charge in [-0.1, -0.05) is 12.1 Å². The molecule has 0 atom stereocenters. The molecular weight excluding hydrogens is 419 g/mol. The summed E-state index contributed by atoms with van der Waals surface area (Å²) in [5, 5.41) is 0. The molecule has 6 heteroatoms. The molecule has 0 amide bonds. The summed E-state index contributed by atoms with van der Waals surface area (Å²) in [7, 11) is 0. The monoisotopic (exact) mass is 423 g/mol. The Hall–Kier alpha value is 1.24. The van der Waals surface area contributed by atoms with Gasteiger partial charge in [0.25, 0.3) is 0 Å². The van der Waals surface area contributed by atoms with Crippen molar-refractivity contribution in [1.82, 2.24) is 0 Å². The van der Waals surface area contributed by atoms with Gasteiger partial charge in [0.1, 0.15) is 0 Å². The second kappa shape index (κ2) is 7.52. The zero-order chi connectivity index (χ0) is 10.3. The summed E-state index contributed by atoms with van der Waals surface area (Å²) in [6, 6.07) is 6.95. The lowest BCUT2D eigenvalue weighted by Crippen LogP contribution is -2.03. The van der Waals surface area contributed by atoms with Crippen LogP contribution < -0.4 is 0 Å². The molecule has 0 unspecified atom stereocenters. The summed E-state index contributed by atoms with van der Waals surface area (Å²) in [5.74, 6) is 0. The molecule has 69 valence electrons. The first-order valence-corrected chi connectivity index (χ1v) is 13.4. The fourth-order valence-electron chi connectivity index (χ4n) is 0.576. The summed E-state index contributed by atoms with van der Waals surface area (Å²) in [5.41, 5.74) is -0.633. The molecule has 0 aliphatic carbocycles. The quantitative estimate of drug-likeness (QED) is 0.439. The average molecular weight is 423 g/mol. The maximum Gasteiger partial charge on any atom is 0.552 e. The van der Waals surface area contributed by atoms with Gasteiger partial charge in [-0.2, -0.15) is 13.2 Å². The molecule has 1 radical (unpaired) electrons. The van der Waals surface area contributed by atoms with E-state index in [1.54, 1.807) is 0 Å². The normalized spacial score (nSPS) is 9.62. The Morgan fingerprint density at radius 3 is 1.77 bits per heavy atom. The molecule has 0 aromatic heterocycles. The Morgan fingerprint density at radius 2 is 1.54 bits per heavy atom. The number of hydrogen-bond donors (Lipinski definition) is 0. The fraction of sp³-hybridized carbons (Fsp3) is 0.143. The predicted molar refractivity (Wildman–Crippen MR) is 64.1 cm³/mol. The van der Waals surface area contributed by atoms with E-state index < -0.39 is 11.7 Å². The summed E-state index contributed by atoms with van der Waals surface area (Å²) in [6.45, 7) is 0. The Labute approximate surface area is 104 Å². The number of halogens is 5. The van der Waals surface area contributed by atoms with Crippen LogP contribution in [0.2, 0.25) is 0 Å². The minimum Gasteiger partial charge on any atom is -0.276 e. The van der Waals surface area contributed by atoms with E-state index in [0.29, 0.717) is 12.6 Å². The van der Waals surface area contributed by atoms with Gasteiger partial charge in [0.15, 0.2) is 0 Å². The van der Waals surface area contributed by atoms with Gasteiger partial charge < -0.3 is 0 Å². The summed E-state index contributed by atoms with van der Waals surface area (Å²) < 4.78 is 35.3. The molecule has 0 heterocycles. The van der Waals surface area contributed by atoms with Crippen LogP contribution in [-0.4, -0.2) is 12.6 Å². The van der Waals surface area contributed by atoms with Crippen molar-refractivity contribution in [3.8, 4) is 0 Å². The van der Waals surface area contributed by atoms with Crippen molar-refractivity contribution in [2.75, 3.05) is 0 Å². The van der Waals surface area contributed by atoms with Gasteiger partial charge in [-0.05, 0) is 18.2 Å². The van der Waals surface area contributed by atoms with E-state index in [2.05, 4.69) is 43.8 Å². The van der Waals surface area contributed by atoms with Crippen molar-refractivity contribution in [3.63, 3.8) is 0 Å². The largest absolute Gasteiger partial charge is 0.552 e. The molecule has 13 heavy (non-hydrogen) atoms. The van der Waals surface area contributed by atoms with E-state index in [-0.39, 0.29) is 0 Å². The second-order valence-corrected chi connectivity index (χ2v) is 15.4. The lowest BCUT2D eigenvalue weighted by molar-refractivity contribution is -0.137. The van der Waals surface area contributed by atoms with Crippen molar-refractivity contribution in [2.45, 2.75) is 6.18 Å². The third kappa shape index (κ3) is 7.20. The summed E-state index contributed by atoms with van der Waals surface area (Å²) in [4.78, 5) is 0. The van der Waals surface area contributed by atoms with Crippen LogP contribution >= 0.6 is 37.7 Å². The SMILES string of the molecule is FC(F)(F)c1cc[c]cc1.[I][Mg][I]. The molecule has 0 saturated carbocycles. The Morgan fingerprint density at radius 1 is 1.15 bits per heavy atom. The zero-order valence-corrected chi connectivity index (χ0v) is 12.1. The van der Waals surface area contributed by atoms with Crippen molar-refractivity contribution < 1.29 is 13.2 Å². The Bertz CT molecular complexity index is 225. The minimum atomic E-state index is -4.23. The van der Waals surface area contributed by atoms with Gasteiger partial charge >= 0.3 is 18.8 Å². The molecule has 0 nitrogen and oxygen atoms in total. The first kappa shape index (κ1) is 14.2. The molecule has 1 aromatic rings. The summed E-state index contributed by atoms with van der Waals surface area (Å²) >= 11 is 5.18. The second-order valence-electron chi connectivity index (χ2n) is 1.89. The van der Waals surface area contributed by atoms with Gasteiger partial charge in [-0.25, -0.2) is 0 Å². The van der Waals surface area contributed by atoms with Crippen molar-refractivity contribution in [3.05, 3.63) is 35.9 Å². The molecular formula is C7H4F3I2Mg. The third-order valence-electron chi connectivity index (χ3n) is 1.05. The van der Waals surface area contributed by atoms with Crippen molar-refractivity contribution in [2.24, 2.45) is 0 Å². The zero-order valence-electron chi connectivity index (χ0n) is 6.41. The van der Waals surface area contributed by atoms with Gasteiger partial charge in [-0.3, -0.25) is 37.7 Å². The minimum absolute atomic E-state index is 0.357. The van der Waals surface area contributed by atoms with Crippen LogP contribution in [0, 0.1) is 6.07 Å². The van der Waals surface area contributed by atoms with Gasteiger partial charge in [-0.15, -0.1) is 0 Å². The van der Waals surface area contributed by atoms with Crippen LogP contribution in [0.15, 0.2) is 24.3 Å². The van der Waals surface area contributed by atoms with Gasteiger partial charge in [0, 0.05) is 0 Å². The first-order chi connectivity index (χ1) is 6.02. The highest BCUT2D eigenvalue weighted by atomic mass is 127. The molecule has 0 N–H and O–H groups in total. The molecule has 1 rings (SSSR count). The highest BCUT2D eigenvalue weighted by molar-refractivity contribution is 14.3. The molecule has 0 aliphatic rings. The lowest BCUT2D eigenvalue weighted by Gasteiger charge is -2.03. The van der Waals surface area contributed by atoms with E-state index >= 15 is 0 Å². The van der Waals surface area contributed by atoms with Crippen LogP contribution in [0.25, 0.3) is 0 Å². The number of benzene rings is 1. The lowest BCUT2D eigenvalue weighted by atomic mass is 10.2. The highest BCUT2D eigenvalue weighted by Gasteiger charge is 2.29. The van der Waals surface area contributed by atoms with Crippen molar-refractivity contribution >= 4 is 50.3 Å². The first-order valence-electron chi connectivity index (χ1n) is 3.17. The Kier molecular flexibility index (Phi) is 8.23. The third-order valence-corrected chi connectivity index (χ3v) is 1.05. The molecule has 0 fully saturated rings. The van der Waals surface area contributed by atoms with Crippen LogP contribution in [0.5, 0.6) is 0 Å². The maximum atomic E-state index is 11.8. The smallest absolute Gasteiger partial charge is 0.276 e. The topological polar surface area (TPSA) is 0 Å². The van der Waals surface area contributed by atoms with E-state index in [1.807, 2.05) is 0 Å². The molecule has 0 spiro atoms. The molecule has 1 aromatic carbocycles. The standard InChI is InChI=1S/C7H4F3.2HI.Mg/c8-7(9,10)6-4-2-1-3-5-6;;;/h2-5H;2*1H;/q;;;+2/p-2. The predicted octanol–water partition coefficient (Wildman–Crippen LogP) is 3.90. The van der Waals surface area contributed by atoms with Gasteiger partial charge in [0.2, 0.25) is 0 Å². The van der Waals surface area contributed by atoms with E-state index in [1.165, 1.54) is 12.1 Å². The van der Waals surface area contributed by atoms with E-state index in [0.717, 1.165) is 12.1 Å². The summed E-state index contributed by atoms with van der Waals surface area (Å²) in [6.07, 6.45) is -4.23. The highest BCUT2D eigenvalue weighted by Crippen LogP contribution is 2.28. The Balaban J connectivity index is 0.000000424. The average Bonchev–Trinajstić information content (AvgIpc) is 2.06.